The highest BCUT2D eigenvalue weighted by Crippen LogP contribution is 2.17. The molecule has 0 bridgehead atoms. The molecular formula is C9H14N2. The molecule has 0 aromatic heterocycles. The summed E-state index contributed by atoms with van der Waals surface area (Å²) in [5.74, 6) is 1.05. The average Bonchev–Trinajstić information content (AvgIpc) is 1.93. The minimum atomic E-state index is 0.352. The summed E-state index contributed by atoms with van der Waals surface area (Å²) >= 11 is 0. The summed E-state index contributed by atoms with van der Waals surface area (Å²) in [5.41, 5.74) is 7.75. The largest absolute Gasteiger partial charge is 0.387 e. The maximum Gasteiger partial charge on any atom is 0.103 e. The van der Waals surface area contributed by atoms with E-state index in [4.69, 9.17) is 5.73 Å². The zero-order chi connectivity index (χ0) is 8.43. The molecule has 0 amide bonds. The average molecular weight is 150 g/mol. The normalized spacial score (nSPS) is 25.6. The molecule has 0 saturated heterocycles. The summed E-state index contributed by atoms with van der Waals surface area (Å²) in [5, 5.41) is 0. The number of nitrogens with two attached hydrogens (primary N) is 1. The van der Waals surface area contributed by atoms with Crippen LogP contribution in [0.15, 0.2) is 28.9 Å². The lowest BCUT2D eigenvalue weighted by Crippen LogP contribution is -2.20. The standard InChI is InChI=1S/C9H14N2/c1-6-4-7(2)9(10)11-8(3)5-6/h5,7H,3-4H2,1-2H3,(H2,10,11). The first kappa shape index (κ1) is 8.05. The van der Waals surface area contributed by atoms with Gasteiger partial charge in [-0.2, -0.15) is 0 Å². The van der Waals surface area contributed by atoms with Gasteiger partial charge in [-0.25, -0.2) is 4.99 Å². The third-order valence-electron chi connectivity index (χ3n) is 1.82. The highest BCUT2D eigenvalue weighted by atomic mass is 14.9. The molecule has 0 radical (unpaired) electrons. The minimum Gasteiger partial charge on any atom is -0.387 e. The molecule has 0 aliphatic carbocycles. The quantitative estimate of drug-likeness (QED) is 0.562. The number of aliphatic imine (C=N–C) groups is 1. The van der Waals surface area contributed by atoms with E-state index in [-0.39, 0.29) is 0 Å². The lowest BCUT2D eigenvalue weighted by Gasteiger charge is -2.06. The first-order chi connectivity index (χ1) is 5.09. The van der Waals surface area contributed by atoms with Crippen molar-refractivity contribution < 1.29 is 0 Å². The van der Waals surface area contributed by atoms with E-state index in [9.17, 15) is 0 Å². The molecule has 0 saturated carbocycles. The van der Waals surface area contributed by atoms with Crippen LogP contribution in [0.3, 0.4) is 0 Å². The van der Waals surface area contributed by atoms with Gasteiger partial charge in [0.25, 0.3) is 0 Å². The fourth-order valence-electron chi connectivity index (χ4n) is 1.24. The summed E-state index contributed by atoms with van der Waals surface area (Å²) in [6.07, 6.45) is 2.98. The highest BCUT2D eigenvalue weighted by Gasteiger charge is 2.10. The number of hydrogen-bond donors (Lipinski definition) is 1. The van der Waals surface area contributed by atoms with Gasteiger partial charge in [0.1, 0.15) is 5.84 Å². The Kier molecular flexibility index (Phi) is 2.13. The van der Waals surface area contributed by atoms with E-state index < -0.39 is 0 Å². The number of amidine groups is 1. The van der Waals surface area contributed by atoms with Gasteiger partial charge in [-0.1, -0.05) is 19.1 Å². The third kappa shape index (κ3) is 1.93. The Morgan fingerprint density at radius 1 is 1.73 bits per heavy atom. The smallest absolute Gasteiger partial charge is 0.103 e. The van der Waals surface area contributed by atoms with Crippen LogP contribution < -0.4 is 5.73 Å². The predicted molar refractivity (Wildman–Crippen MR) is 48.3 cm³/mol. The van der Waals surface area contributed by atoms with Gasteiger partial charge in [0.15, 0.2) is 0 Å². The van der Waals surface area contributed by atoms with Crippen molar-refractivity contribution in [2.24, 2.45) is 16.6 Å². The number of hydrogen-bond acceptors (Lipinski definition) is 2. The molecule has 2 nitrogen and oxygen atoms in total. The second kappa shape index (κ2) is 2.91. The Bertz CT molecular complexity index is 236. The number of nitrogens with zero attached hydrogens (tertiary/aromatic N) is 1. The molecule has 1 rings (SSSR count). The van der Waals surface area contributed by atoms with E-state index in [1.54, 1.807) is 0 Å². The molecule has 0 aromatic carbocycles. The molecule has 2 N–H and O–H groups in total. The van der Waals surface area contributed by atoms with Gasteiger partial charge in [0, 0.05) is 5.92 Å². The molecule has 0 fully saturated rings. The van der Waals surface area contributed by atoms with Gasteiger partial charge in [-0.05, 0) is 19.4 Å². The van der Waals surface area contributed by atoms with Crippen molar-refractivity contribution in [3.8, 4) is 0 Å². The van der Waals surface area contributed by atoms with Crippen LogP contribution in [0.1, 0.15) is 20.3 Å². The van der Waals surface area contributed by atoms with Crippen molar-refractivity contribution in [2.45, 2.75) is 20.3 Å². The lowest BCUT2D eigenvalue weighted by atomic mass is 10.0. The maximum absolute atomic E-state index is 5.69. The van der Waals surface area contributed by atoms with Crippen LogP contribution in [0.2, 0.25) is 0 Å². The molecule has 1 aliphatic rings. The van der Waals surface area contributed by atoms with Crippen LogP contribution in [0.4, 0.5) is 0 Å². The highest BCUT2D eigenvalue weighted by molar-refractivity contribution is 5.84. The molecule has 11 heavy (non-hydrogen) atoms. The molecule has 2 heteroatoms. The van der Waals surface area contributed by atoms with Crippen LogP contribution >= 0.6 is 0 Å². The van der Waals surface area contributed by atoms with E-state index in [2.05, 4.69) is 25.4 Å². The topological polar surface area (TPSA) is 38.4 Å². The Morgan fingerprint density at radius 2 is 2.36 bits per heavy atom. The zero-order valence-corrected chi connectivity index (χ0v) is 7.09. The maximum atomic E-state index is 5.69. The van der Waals surface area contributed by atoms with Crippen molar-refractivity contribution in [3.05, 3.63) is 23.9 Å². The number of allylic oxidation sites excluding steroid dienone is 2. The van der Waals surface area contributed by atoms with Crippen LogP contribution in [0.25, 0.3) is 0 Å². The van der Waals surface area contributed by atoms with Crippen LogP contribution in [0, 0.1) is 5.92 Å². The van der Waals surface area contributed by atoms with Crippen molar-refractivity contribution >= 4 is 5.84 Å². The van der Waals surface area contributed by atoms with Gasteiger partial charge in [0.05, 0.1) is 5.70 Å². The Balaban J connectivity index is 2.90. The Labute approximate surface area is 67.5 Å². The van der Waals surface area contributed by atoms with Gasteiger partial charge >= 0.3 is 0 Å². The molecule has 1 heterocycles. The van der Waals surface area contributed by atoms with E-state index in [0.29, 0.717) is 11.8 Å². The third-order valence-corrected chi connectivity index (χ3v) is 1.82. The van der Waals surface area contributed by atoms with E-state index in [0.717, 1.165) is 12.1 Å². The lowest BCUT2D eigenvalue weighted by molar-refractivity contribution is 0.756. The second-order valence-corrected chi connectivity index (χ2v) is 3.12. The van der Waals surface area contributed by atoms with Crippen LogP contribution in [-0.2, 0) is 0 Å². The molecule has 0 spiro atoms. The van der Waals surface area contributed by atoms with Gasteiger partial charge in [-0.3, -0.25) is 0 Å². The summed E-state index contributed by atoms with van der Waals surface area (Å²) in [4.78, 5) is 4.13. The monoisotopic (exact) mass is 150 g/mol. The van der Waals surface area contributed by atoms with E-state index in [1.165, 1.54) is 5.57 Å². The Morgan fingerprint density at radius 3 is 3.00 bits per heavy atom. The molecule has 1 unspecified atom stereocenters. The van der Waals surface area contributed by atoms with Crippen molar-refractivity contribution in [1.29, 1.82) is 0 Å². The van der Waals surface area contributed by atoms with Crippen LogP contribution in [0.5, 0.6) is 0 Å². The molecule has 60 valence electrons. The fourth-order valence-corrected chi connectivity index (χ4v) is 1.24. The van der Waals surface area contributed by atoms with Crippen molar-refractivity contribution in [1.82, 2.24) is 0 Å². The molecule has 1 atom stereocenters. The molecular weight excluding hydrogens is 136 g/mol. The minimum absolute atomic E-state index is 0.352. The molecule has 0 aromatic rings. The Hall–Kier alpha value is -1.05. The first-order valence-corrected chi connectivity index (χ1v) is 3.79. The van der Waals surface area contributed by atoms with Crippen molar-refractivity contribution in [3.63, 3.8) is 0 Å². The van der Waals surface area contributed by atoms with Crippen molar-refractivity contribution in [2.75, 3.05) is 0 Å². The predicted octanol–water partition coefficient (Wildman–Crippen LogP) is 1.84. The van der Waals surface area contributed by atoms with E-state index in [1.807, 2.05) is 6.08 Å². The summed E-state index contributed by atoms with van der Waals surface area (Å²) in [6, 6.07) is 0. The van der Waals surface area contributed by atoms with Gasteiger partial charge < -0.3 is 5.73 Å². The SMILES string of the molecule is C=C1C=C(C)CC(C)C(N)=N1. The van der Waals surface area contributed by atoms with Gasteiger partial charge in [-0.15, -0.1) is 0 Å². The van der Waals surface area contributed by atoms with E-state index >= 15 is 0 Å². The van der Waals surface area contributed by atoms with Gasteiger partial charge in [0.2, 0.25) is 0 Å². The summed E-state index contributed by atoms with van der Waals surface area (Å²) in [7, 11) is 0. The molecule has 1 aliphatic heterocycles. The summed E-state index contributed by atoms with van der Waals surface area (Å²) in [6.45, 7) is 7.92. The fraction of sp³-hybridized carbons (Fsp3) is 0.444. The van der Waals surface area contributed by atoms with Crippen LogP contribution in [-0.4, -0.2) is 5.84 Å². The first-order valence-electron chi connectivity index (χ1n) is 3.79. The number of rotatable bonds is 0. The zero-order valence-electron chi connectivity index (χ0n) is 7.09. The summed E-state index contributed by atoms with van der Waals surface area (Å²) < 4.78 is 0. The second-order valence-electron chi connectivity index (χ2n) is 3.12.